The summed E-state index contributed by atoms with van der Waals surface area (Å²) in [6.45, 7) is 10.8. The van der Waals surface area contributed by atoms with Crippen molar-refractivity contribution in [1.82, 2.24) is 0 Å². The minimum Gasteiger partial charge on any atom is -0.466 e. The van der Waals surface area contributed by atoms with Crippen molar-refractivity contribution in [2.75, 3.05) is 6.61 Å². The van der Waals surface area contributed by atoms with Gasteiger partial charge in [-0.15, -0.1) is 0 Å². The molecule has 1 fully saturated rings. The van der Waals surface area contributed by atoms with Gasteiger partial charge in [-0.1, -0.05) is 27.7 Å². The summed E-state index contributed by atoms with van der Waals surface area (Å²) in [5.41, 5.74) is -0.760. The van der Waals surface area contributed by atoms with Crippen LogP contribution >= 0.6 is 0 Å². The predicted octanol–water partition coefficient (Wildman–Crippen LogP) is 2.91. The van der Waals surface area contributed by atoms with E-state index in [0.717, 1.165) is 6.42 Å². The molecule has 1 aliphatic carbocycles. The molecule has 0 aromatic rings. The smallest absolute Gasteiger partial charge is 0.308 e. The maximum atomic E-state index is 11.6. The molecule has 1 saturated carbocycles. The van der Waals surface area contributed by atoms with E-state index in [2.05, 4.69) is 27.7 Å². The fourth-order valence-electron chi connectivity index (χ4n) is 3.87. The molecule has 0 bridgehead atoms. The van der Waals surface area contributed by atoms with E-state index in [4.69, 9.17) is 4.74 Å². The minimum absolute atomic E-state index is 0.0724. The Labute approximate surface area is 105 Å². The number of hydrogen-bond acceptors (Lipinski definition) is 3. The van der Waals surface area contributed by atoms with Crippen LogP contribution in [0.25, 0.3) is 0 Å². The molecular weight excluding hydrogens is 216 g/mol. The van der Waals surface area contributed by atoms with Crippen LogP contribution in [0.5, 0.6) is 0 Å². The van der Waals surface area contributed by atoms with Crippen LogP contribution in [0, 0.1) is 10.8 Å². The number of aliphatic hydroxyl groups is 1. The summed E-state index contributed by atoms with van der Waals surface area (Å²) >= 11 is 0. The first-order valence-electron chi connectivity index (χ1n) is 6.46. The molecule has 0 aliphatic heterocycles. The van der Waals surface area contributed by atoms with E-state index in [1.807, 2.05) is 0 Å². The maximum absolute atomic E-state index is 11.6. The summed E-state index contributed by atoms with van der Waals surface area (Å²) in [6.07, 6.45) is 2.53. The lowest BCUT2D eigenvalue weighted by Gasteiger charge is -2.49. The van der Waals surface area contributed by atoms with Crippen LogP contribution in [-0.2, 0) is 9.53 Å². The van der Waals surface area contributed by atoms with E-state index in [9.17, 15) is 9.90 Å². The van der Waals surface area contributed by atoms with Crippen molar-refractivity contribution in [3.05, 3.63) is 0 Å². The second-order valence-electron chi connectivity index (χ2n) is 7.06. The third-order valence-electron chi connectivity index (χ3n) is 3.35. The summed E-state index contributed by atoms with van der Waals surface area (Å²) in [5.74, 6) is -0.288. The van der Waals surface area contributed by atoms with Gasteiger partial charge in [0.05, 0.1) is 18.6 Å². The standard InChI is InChI=1S/C14H26O3/c1-6-17-11(15)7-14(16)9-12(2,3)8-13(4,5)10-14/h16H,6-10H2,1-5H3. The molecule has 0 atom stereocenters. The third-order valence-corrected chi connectivity index (χ3v) is 3.35. The largest absolute Gasteiger partial charge is 0.466 e. The van der Waals surface area contributed by atoms with Crippen molar-refractivity contribution in [3.63, 3.8) is 0 Å². The molecule has 0 radical (unpaired) electrons. The molecule has 1 rings (SSSR count). The first kappa shape index (κ1) is 14.5. The summed E-state index contributed by atoms with van der Waals surface area (Å²) in [5, 5.41) is 10.6. The maximum Gasteiger partial charge on any atom is 0.308 e. The molecule has 0 heterocycles. The molecular formula is C14H26O3. The summed E-state index contributed by atoms with van der Waals surface area (Å²) in [4.78, 5) is 11.6. The fourth-order valence-corrected chi connectivity index (χ4v) is 3.87. The van der Waals surface area contributed by atoms with E-state index in [-0.39, 0.29) is 23.2 Å². The van der Waals surface area contributed by atoms with Gasteiger partial charge in [0.25, 0.3) is 0 Å². The van der Waals surface area contributed by atoms with Gasteiger partial charge in [0.1, 0.15) is 0 Å². The van der Waals surface area contributed by atoms with Crippen molar-refractivity contribution in [3.8, 4) is 0 Å². The minimum atomic E-state index is -0.905. The number of carbonyl (C=O) groups is 1. The molecule has 0 spiro atoms. The molecule has 100 valence electrons. The van der Waals surface area contributed by atoms with Crippen molar-refractivity contribution < 1.29 is 14.6 Å². The van der Waals surface area contributed by atoms with Gasteiger partial charge in [0.15, 0.2) is 0 Å². The Bertz CT molecular complexity index is 276. The molecule has 3 nitrogen and oxygen atoms in total. The third kappa shape index (κ3) is 4.30. The van der Waals surface area contributed by atoms with Gasteiger partial charge in [-0.3, -0.25) is 4.79 Å². The normalized spacial score (nSPS) is 25.3. The Morgan fingerprint density at radius 2 is 1.59 bits per heavy atom. The Morgan fingerprint density at radius 1 is 1.12 bits per heavy atom. The predicted molar refractivity (Wildman–Crippen MR) is 67.6 cm³/mol. The molecule has 0 aromatic carbocycles. The molecule has 1 N–H and O–H groups in total. The lowest BCUT2D eigenvalue weighted by atomic mass is 9.59. The first-order chi connectivity index (χ1) is 7.58. The van der Waals surface area contributed by atoms with Gasteiger partial charge in [0, 0.05) is 0 Å². The lowest BCUT2D eigenvalue weighted by Crippen LogP contribution is -2.47. The Kier molecular flexibility index (Phi) is 3.92. The van der Waals surface area contributed by atoms with Crippen LogP contribution in [0.15, 0.2) is 0 Å². The van der Waals surface area contributed by atoms with Gasteiger partial charge in [-0.05, 0) is 37.0 Å². The number of carbonyl (C=O) groups excluding carboxylic acids is 1. The van der Waals surface area contributed by atoms with Crippen LogP contribution in [0.1, 0.15) is 60.3 Å². The van der Waals surface area contributed by atoms with Crippen molar-refractivity contribution >= 4 is 5.97 Å². The molecule has 17 heavy (non-hydrogen) atoms. The van der Waals surface area contributed by atoms with E-state index >= 15 is 0 Å². The zero-order chi connectivity index (χ0) is 13.3. The van der Waals surface area contributed by atoms with Crippen LogP contribution in [0.2, 0.25) is 0 Å². The van der Waals surface area contributed by atoms with Gasteiger partial charge in [-0.25, -0.2) is 0 Å². The Morgan fingerprint density at radius 3 is 2.00 bits per heavy atom. The number of rotatable bonds is 3. The zero-order valence-corrected chi connectivity index (χ0v) is 11.8. The van der Waals surface area contributed by atoms with Crippen molar-refractivity contribution in [1.29, 1.82) is 0 Å². The molecule has 0 amide bonds. The monoisotopic (exact) mass is 242 g/mol. The zero-order valence-electron chi connectivity index (χ0n) is 11.8. The van der Waals surface area contributed by atoms with Gasteiger partial charge in [0.2, 0.25) is 0 Å². The average molecular weight is 242 g/mol. The molecule has 0 aromatic heterocycles. The van der Waals surface area contributed by atoms with Crippen LogP contribution in [0.3, 0.4) is 0 Å². The lowest BCUT2D eigenvalue weighted by molar-refractivity contribution is -0.155. The first-order valence-corrected chi connectivity index (χ1v) is 6.46. The van der Waals surface area contributed by atoms with E-state index < -0.39 is 5.60 Å². The molecule has 3 heteroatoms. The second kappa shape index (κ2) is 4.60. The number of esters is 1. The summed E-state index contributed by atoms with van der Waals surface area (Å²) < 4.78 is 4.95. The van der Waals surface area contributed by atoms with Gasteiger partial charge in [-0.2, -0.15) is 0 Å². The SMILES string of the molecule is CCOC(=O)CC1(O)CC(C)(C)CC(C)(C)C1. The van der Waals surface area contributed by atoms with Crippen molar-refractivity contribution in [2.45, 2.75) is 65.9 Å². The van der Waals surface area contributed by atoms with E-state index in [0.29, 0.717) is 19.4 Å². The number of hydrogen-bond donors (Lipinski definition) is 1. The van der Waals surface area contributed by atoms with Gasteiger partial charge >= 0.3 is 5.97 Å². The number of ether oxygens (including phenoxy) is 1. The Balaban J connectivity index is 2.77. The van der Waals surface area contributed by atoms with E-state index in [1.165, 1.54) is 0 Å². The highest BCUT2D eigenvalue weighted by atomic mass is 16.5. The van der Waals surface area contributed by atoms with E-state index in [1.54, 1.807) is 6.92 Å². The molecule has 1 aliphatic rings. The summed E-state index contributed by atoms with van der Waals surface area (Å²) in [7, 11) is 0. The Hall–Kier alpha value is -0.570. The van der Waals surface area contributed by atoms with Crippen LogP contribution in [-0.4, -0.2) is 23.3 Å². The quantitative estimate of drug-likeness (QED) is 0.774. The summed E-state index contributed by atoms with van der Waals surface area (Å²) in [6, 6.07) is 0. The average Bonchev–Trinajstić information content (AvgIpc) is 1.93. The molecule has 0 unspecified atom stereocenters. The fraction of sp³-hybridized carbons (Fsp3) is 0.929. The van der Waals surface area contributed by atoms with Gasteiger partial charge < -0.3 is 9.84 Å². The highest BCUT2D eigenvalue weighted by molar-refractivity contribution is 5.70. The molecule has 0 saturated heterocycles. The topological polar surface area (TPSA) is 46.5 Å². The highest BCUT2D eigenvalue weighted by Crippen LogP contribution is 2.51. The van der Waals surface area contributed by atoms with Crippen molar-refractivity contribution in [2.24, 2.45) is 10.8 Å². The second-order valence-corrected chi connectivity index (χ2v) is 7.06. The van der Waals surface area contributed by atoms with Crippen LogP contribution in [0.4, 0.5) is 0 Å². The van der Waals surface area contributed by atoms with Crippen LogP contribution < -0.4 is 0 Å². The highest BCUT2D eigenvalue weighted by Gasteiger charge is 2.47.